The number of amides is 1. The molecule has 1 fully saturated rings. The molecule has 26 heavy (non-hydrogen) atoms. The molecule has 0 radical (unpaired) electrons. The Morgan fingerprint density at radius 1 is 0.885 bits per heavy atom. The van der Waals surface area contributed by atoms with E-state index in [0.29, 0.717) is 37.1 Å². The largest absolute Gasteiger partial charge is 0.481 e. The first-order chi connectivity index (χ1) is 12.4. The highest BCUT2D eigenvalue weighted by molar-refractivity contribution is 5.98. The van der Waals surface area contributed by atoms with Crippen LogP contribution in [0.3, 0.4) is 0 Å². The number of carboxylic acids is 1. The Morgan fingerprint density at radius 2 is 1.42 bits per heavy atom. The second kappa shape index (κ2) is 7.12. The highest BCUT2D eigenvalue weighted by Crippen LogP contribution is 2.36. The number of nitrogens with zero attached hydrogens (tertiary/aromatic N) is 1. The molecule has 2 aromatic rings. The van der Waals surface area contributed by atoms with Crippen molar-refractivity contribution < 1.29 is 19.5 Å². The van der Waals surface area contributed by atoms with Gasteiger partial charge in [0.1, 0.15) is 0 Å². The first kappa shape index (κ1) is 17.9. The van der Waals surface area contributed by atoms with Crippen molar-refractivity contribution in [3.8, 4) is 0 Å². The van der Waals surface area contributed by atoms with Gasteiger partial charge in [-0.1, -0.05) is 42.5 Å². The Balaban J connectivity index is 1.75. The fraction of sp³-hybridized carbons (Fsp3) is 0.286. The molecule has 5 nitrogen and oxygen atoms in total. The Kier molecular flexibility index (Phi) is 4.89. The minimum atomic E-state index is -0.948. The molecule has 1 aliphatic rings. The van der Waals surface area contributed by atoms with Gasteiger partial charge in [-0.3, -0.25) is 14.4 Å². The summed E-state index contributed by atoms with van der Waals surface area (Å²) < 4.78 is 0. The fourth-order valence-electron chi connectivity index (χ4n) is 3.50. The first-order valence-electron chi connectivity index (χ1n) is 8.63. The van der Waals surface area contributed by atoms with E-state index < -0.39 is 11.4 Å². The van der Waals surface area contributed by atoms with E-state index >= 15 is 0 Å². The normalized spacial score (nSPS) is 16.1. The topological polar surface area (TPSA) is 74.7 Å². The van der Waals surface area contributed by atoms with E-state index in [0.717, 1.165) is 5.56 Å². The van der Waals surface area contributed by atoms with E-state index in [1.54, 1.807) is 29.2 Å². The Labute approximate surface area is 152 Å². The number of Topliss-reactive ketones (excluding diaryl/α,β-unsaturated/α-hetero) is 1. The van der Waals surface area contributed by atoms with Crippen molar-refractivity contribution in [3.63, 3.8) is 0 Å². The number of aliphatic carboxylic acids is 1. The van der Waals surface area contributed by atoms with Crippen LogP contribution in [0.15, 0.2) is 54.6 Å². The van der Waals surface area contributed by atoms with E-state index in [1.807, 2.05) is 30.3 Å². The lowest BCUT2D eigenvalue weighted by atomic mass is 9.73. The number of hydrogen-bond acceptors (Lipinski definition) is 3. The number of benzene rings is 2. The van der Waals surface area contributed by atoms with Crippen LogP contribution < -0.4 is 0 Å². The molecule has 3 rings (SSSR count). The molecule has 0 unspecified atom stereocenters. The molecule has 1 N–H and O–H groups in total. The fourth-order valence-corrected chi connectivity index (χ4v) is 3.50. The van der Waals surface area contributed by atoms with Crippen LogP contribution in [0.5, 0.6) is 0 Å². The van der Waals surface area contributed by atoms with Crippen LogP contribution in [0.4, 0.5) is 0 Å². The van der Waals surface area contributed by atoms with E-state index in [-0.39, 0.29) is 11.7 Å². The zero-order valence-electron chi connectivity index (χ0n) is 14.6. The number of ketones is 1. The third-order valence-corrected chi connectivity index (χ3v) is 5.18. The molecule has 0 spiro atoms. The summed E-state index contributed by atoms with van der Waals surface area (Å²) >= 11 is 0. The van der Waals surface area contributed by atoms with Gasteiger partial charge in [-0.25, -0.2) is 0 Å². The zero-order valence-corrected chi connectivity index (χ0v) is 14.6. The van der Waals surface area contributed by atoms with Gasteiger partial charge in [-0.2, -0.15) is 0 Å². The van der Waals surface area contributed by atoms with E-state index in [2.05, 4.69) is 0 Å². The maximum atomic E-state index is 12.7. The van der Waals surface area contributed by atoms with Crippen molar-refractivity contribution in [2.45, 2.75) is 25.2 Å². The smallest absolute Gasteiger partial charge is 0.314 e. The molecule has 0 aliphatic carbocycles. The summed E-state index contributed by atoms with van der Waals surface area (Å²) in [6.07, 6.45) is 0.757. The Hall–Kier alpha value is -2.95. The third-order valence-electron chi connectivity index (χ3n) is 5.18. The Morgan fingerprint density at radius 3 is 1.92 bits per heavy atom. The van der Waals surface area contributed by atoms with Crippen LogP contribution in [-0.4, -0.2) is 40.8 Å². The molecule has 5 heteroatoms. The average Bonchev–Trinajstić information content (AvgIpc) is 2.68. The summed E-state index contributed by atoms with van der Waals surface area (Å²) in [6, 6.07) is 15.8. The van der Waals surface area contributed by atoms with Crippen LogP contribution in [0.1, 0.15) is 46.0 Å². The molecule has 1 amide bonds. The van der Waals surface area contributed by atoms with Gasteiger partial charge >= 0.3 is 5.97 Å². The summed E-state index contributed by atoms with van der Waals surface area (Å²) in [6.45, 7) is 2.25. The molecule has 0 bridgehead atoms. The predicted octanol–water partition coefficient (Wildman–Crippen LogP) is 3.15. The maximum absolute atomic E-state index is 12.7. The molecule has 1 heterocycles. The number of piperidine rings is 1. The van der Waals surface area contributed by atoms with Crippen molar-refractivity contribution in [2.24, 2.45) is 0 Å². The molecule has 134 valence electrons. The summed E-state index contributed by atoms with van der Waals surface area (Å²) in [4.78, 5) is 37.7. The van der Waals surface area contributed by atoms with Crippen LogP contribution >= 0.6 is 0 Å². The second-order valence-electron chi connectivity index (χ2n) is 6.68. The predicted molar refractivity (Wildman–Crippen MR) is 97.3 cm³/mol. The molecule has 0 saturated carbocycles. The van der Waals surface area contributed by atoms with Crippen molar-refractivity contribution in [1.82, 2.24) is 4.90 Å². The van der Waals surface area contributed by atoms with Gasteiger partial charge in [0.15, 0.2) is 5.78 Å². The maximum Gasteiger partial charge on any atom is 0.314 e. The zero-order chi connectivity index (χ0) is 18.7. The average molecular weight is 351 g/mol. The van der Waals surface area contributed by atoms with Crippen LogP contribution in [-0.2, 0) is 10.2 Å². The van der Waals surface area contributed by atoms with E-state index in [1.165, 1.54) is 6.92 Å². The van der Waals surface area contributed by atoms with Gasteiger partial charge in [0.25, 0.3) is 5.91 Å². The van der Waals surface area contributed by atoms with Gasteiger partial charge in [0, 0.05) is 24.2 Å². The van der Waals surface area contributed by atoms with Gasteiger partial charge < -0.3 is 10.0 Å². The summed E-state index contributed by atoms with van der Waals surface area (Å²) in [7, 11) is 0. The van der Waals surface area contributed by atoms with Gasteiger partial charge in [0.2, 0.25) is 0 Å². The quantitative estimate of drug-likeness (QED) is 0.859. The van der Waals surface area contributed by atoms with Gasteiger partial charge in [-0.05, 0) is 37.5 Å². The lowest BCUT2D eigenvalue weighted by Crippen LogP contribution is -2.49. The first-order valence-corrected chi connectivity index (χ1v) is 8.63. The lowest BCUT2D eigenvalue weighted by molar-refractivity contribution is -0.145. The van der Waals surface area contributed by atoms with E-state index in [9.17, 15) is 19.5 Å². The number of carbonyl (C=O) groups excluding carboxylic acids is 2. The SMILES string of the molecule is CC(=O)c1ccc(C(=O)N2CCC(C(=O)O)(c3ccccc3)CC2)cc1. The molecule has 0 aromatic heterocycles. The van der Waals surface area contributed by atoms with Crippen molar-refractivity contribution in [1.29, 1.82) is 0 Å². The molecule has 1 aliphatic heterocycles. The minimum Gasteiger partial charge on any atom is -0.481 e. The highest BCUT2D eigenvalue weighted by atomic mass is 16.4. The summed E-state index contributed by atoms with van der Waals surface area (Å²) in [5.41, 5.74) is 0.911. The Bertz CT molecular complexity index is 819. The number of likely N-dealkylation sites (tertiary alicyclic amines) is 1. The van der Waals surface area contributed by atoms with Gasteiger partial charge in [-0.15, -0.1) is 0 Å². The van der Waals surface area contributed by atoms with Crippen LogP contribution in [0.2, 0.25) is 0 Å². The van der Waals surface area contributed by atoms with Crippen LogP contribution in [0, 0.1) is 0 Å². The van der Waals surface area contributed by atoms with E-state index in [4.69, 9.17) is 0 Å². The lowest BCUT2D eigenvalue weighted by Gasteiger charge is -2.39. The molecule has 1 saturated heterocycles. The number of rotatable bonds is 4. The molecular formula is C21H21NO4. The summed E-state index contributed by atoms with van der Waals surface area (Å²) in [5.74, 6) is -1.02. The highest BCUT2D eigenvalue weighted by Gasteiger charge is 2.43. The summed E-state index contributed by atoms with van der Waals surface area (Å²) in [5, 5.41) is 9.83. The number of carboxylic acid groups (broad SMARTS) is 1. The second-order valence-corrected chi connectivity index (χ2v) is 6.68. The monoisotopic (exact) mass is 351 g/mol. The van der Waals surface area contributed by atoms with Crippen LogP contribution in [0.25, 0.3) is 0 Å². The number of carbonyl (C=O) groups is 3. The van der Waals surface area contributed by atoms with Crippen molar-refractivity contribution in [2.75, 3.05) is 13.1 Å². The third kappa shape index (κ3) is 3.25. The molecule has 2 aromatic carbocycles. The van der Waals surface area contributed by atoms with Crippen molar-refractivity contribution in [3.05, 3.63) is 71.3 Å². The van der Waals surface area contributed by atoms with Crippen molar-refractivity contribution >= 4 is 17.7 Å². The minimum absolute atomic E-state index is 0.0453. The molecular weight excluding hydrogens is 330 g/mol. The number of hydrogen-bond donors (Lipinski definition) is 1. The van der Waals surface area contributed by atoms with Gasteiger partial charge in [0.05, 0.1) is 5.41 Å². The standard InChI is InChI=1S/C21H21NO4/c1-15(23)16-7-9-17(10-8-16)19(24)22-13-11-21(12-14-22,20(25)26)18-5-3-2-4-6-18/h2-10H,11-14H2,1H3,(H,25,26). The molecule has 0 atom stereocenters.